The molecule has 18 heavy (non-hydrogen) atoms. The number of rotatable bonds is 3. The lowest BCUT2D eigenvalue weighted by Crippen LogP contribution is -2.43. The van der Waals surface area contributed by atoms with Gasteiger partial charge in [0.1, 0.15) is 12.2 Å². The minimum atomic E-state index is -0.437. The topological polar surface area (TPSA) is 9.23 Å². The Labute approximate surface area is 111 Å². The zero-order chi connectivity index (χ0) is 12.8. The molecule has 0 aromatic rings. The Morgan fingerprint density at radius 1 is 1.28 bits per heavy atom. The highest BCUT2D eigenvalue weighted by molar-refractivity contribution is 5.24. The van der Waals surface area contributed by atoms with Crippen LogP contribution < -0.4 is 0 Å². The summed E-state index contributed by atoms with van der Waals surface area (Å²) in [6.45, 7) is 0.327. The Balaban J connectivity index is 2.21. The van der Waals surface area contributed by atoms with Gasteiger partial charge in [-0.3, -0.25) is 0 Å². The fraction of sp³-hybridized carbons (Fsp3) is 0.647. The van der Waals surface area contributed by atoms with E-state index in [1.165, 1.54) is 37.7 Å². The summed E-state index contributed by atoms with van der Waals surface area (Å²) < 4.78 is 5.92. The molecule has 2 rings (SSSR count). The first-order valence-electron chi connectivity index (χ1n) is 7.06. The van der Waals surface area contributed by atoms with Crippen LogP contribution in [0.4, 0.5) is 0 Å². The molecule has 2 atom stereocenters. The van der Waals surface area contributed by atoms with Crippen molar-refractivity contribution < 1.29 is 4.74 Å². The highest BCUT2D eigenvalue weighted by Crippen LogP contribution is 2.43. The molecule has 1 saturated carbocycles. The summed E-state index contributed by atoms with van der Waals surface area (Å²) in [5.41, 5.74) is 1.09. The van der Waals surface area contributed by atoms with Crippen LogP contribution in [0.15, 0.2) is 11.6 Å². The van der Waals surface area contributed by atoms with E-state index in [1.807, 2.05) is 0 Å². The molecule has 0 heterocycles. The molecule has 2 aliphatic carbocycles. The Bertz CT molecular complexity index is 393. The van der Waals surface area contributed by atoms with Crippen molar-refractivity contribution in [3.63, 3.8) is 0 Å². The molecule has 0 aliphatic heterocycles. The second-order valence-corrected chi connectivity index (χ2v) is 5.35. The summed E-state index contributed by atoms with van der Waals surface area (Å²) in [5, 5.41) is 0. The first-order valence-corrected chi connectivity index (χ1v) is 7.06. The Hall–Kier alpha value is -1.18. The molecule has 0 N–H and O–H groups in total. The van der Waals surface area contributed by atoms with Crippen molar-refractivity contribution in [2.24, 2.45) is 5.92 Å². The largest absolute Gasteiger partial charge is 0.349 e. The molecular formula is C17H22O. The maximum atomic E-state index is 5.92. The van der Waals surface area contributed by atoms with Crippen molar-refractivity contribution in [2.75, 3.05) is 6.61 Å². The summed E-state index contributed by atoms with van der Waals surface area (Å²) in [6.07, 6.45) is 23.0. The summed E-state index contributed by atoms with van der Waals surface area (Å²) in [7, 11) is 0. The molecule has 0 aromatic carbocycles. The first-order chi connectivity index (χ1) is 8.82. The molecule has 2 aliphatic rings. The molecular weight excluding hydrogens is 220 g/mol. The van der Waals surface area contributed by atoms with Crippen LogP contribution in [0.2, 0.25) is 0 Å². The van der Waals surface area contributed by atoms with Crippen molar-refractivity contribution in [1.82, 2.24) is 0 Å². The van der Waals surface area contributed by atoms with Crippen molar-refractivity contribution in [3.05, 3.63) is 11.6 Å². The van der Waals surface area contributed by atoms with E-state index in [1.54, 1.807) is 0 Å². The van der Waals surface area contributed by atoms with Gasteiger partial charge in [0.05, 0.1) is 0 Å². The average molecular weight is 242 g/mol. The van der Waals surface area contributed by atoms with E-state index in [2.05, 4.69) is 17.9 Å². The zero-order valence-corrected chi connectivity index (χ0v) is 11.1. The van der Waals surface area contributed by atoms with E-state index in [0.29, 0.717) is 12.5 Å². The van der Waals surface area contributed by atoms with E-state index < -0.39 is 5.60 Å². The Kier molecular flexibility index (Phi) is 4.51. The molecule has 1 nitrogen and oxygen atoms in total. The standard InChI is InChI=1S/C17H22O/c1-3-14-18-17(4-2)13-9-8-12-16(17)15-10-6-5-7-11-15/h1-2,10,16H,5-9,11-14H2/t16-,17-/m1/s1. The lowest BCUT2D eigenvalue weighted by molar-refractivity contribution is -0.0403. The second-order valence-electron chi connectivity index (χ2n) is 5.35. The van der Waals surface area contributed by atoms with Crippen LogP contribution >= 0.6 is 0 Å². The number of terminal acetylenes is 2. The quantitative estimate of drug-likeness (QED) is 0.541. The van der Waals surface area contributed by atoms with E-state index in [0.717, 1.165) is 19.3 Å². The van der Waals surface area contributed by atoms with Crippen LogP contribution in [-0.4, -0.2) is 12.2 Å². The molecule has 0 spiro atoms. The van der Waals surface area contributed by atoms with Crippen molar-refractivity contribution in [2.45, 2.75) is 57.0 Å². The van der Waals surface area contributed by atoms with Gasteiger partial charge in [0.25, 0.3) is 0 Å². The number of hydrogen-bond acceptors (Lipinski definition) is 1. The molecule has 0 bridgehead atoms. The minimum Gasteiger partial charge on any atom is -0.349 e. The first kappa shape index (κ1) is 13.3. The predicted molar refractivity (Wildman–Crippen MR) is 74.9 cm³/mol. The summed E-state index contributed by atoms with van der Waals surface area (Å²) in [6, 6.07) is 0. The van der Waals surface area contributed by atoms with Gasteiger partial charge in [0, 0.05) is 5.92 Å². The van der Waals surface area contributed by atoms with Crippen LogP contribution in [0, 0.1) is 30.6 Å². The van der Waals surface area contributed by atoms with Crippen LogP contribution in [-0.2, 0) is 4.74 Å². The third-order valence-corrected chi connectivity index (χ3v) is 4.28. The summed E-state index contributed by atoms with van der Waals surface area (Å²) in [5.74, 6) is 5.89. The molecule has 0 radical (unpaired) electrons. The number of hydrogen-bond donors (Lipinski definition) is 0. The molecule has 0 unspecified atom stereocenters. The van der Waals surface area contributed by atoms with Crippen molar-refractivity contribution in [1.29, 1.82) is 0 Å². The molecule has 0 aromatic heterocycles. The highest BCUT2D eigenvalue weighted by Gasteiger charge is 2.42. The van der Waals surface area contributed by atoms with Crippen LogP contribution in [0.1, 0.15) is 51.4 Å². The zero-order valence-electron chi connectivity index (χ0n) is 11.1. The van der Waals surface area contributed by atoms with Crippen molar-refractivity contribution in [3.8, 4) is 24.7 Å². The normalized spacial score (nSPS) is 32.1. The average Bonchev–Trinajstić information content (AvgIpc) is 2.46. The van der Waals surface area contributed by atoms with Gasteiger partial charge in [-0.15, -0.1) is 12.8 Å². The molecule has 0 amide bonds. The van der Waals surface area contributed by atoms with Crippen LogP contribution in [0.3, 0.4) is 0 Å². The second kappa shape index (κ2) is 6.12. The fourth-order valence-electron chi connectivity index (χ4n) is 3.37. The van der Waals surface area contributed by atoms with Gasteiger partial charge in [0.15, 0.2) is 0 Å². The molecule has 0 saturated heterocycles. The SMILES string of the molecule is C#CCO[C@]1(C#C)CCCC[C@@H]1C1=CCCCC1. The van der Waals surface area contributed by atoms with E-state index in [4.69, 9.17) is 17.6 Å². The van der Waals surface area contributed by atoms with Crippen LogP contribution in [0.25, 0.3) is 0 Å². The monoisotopic (exact) mass is 242 g/mol. The third-order valence-electron chi connectivity index (χ3n) is 4.28. The highest BCUT2D eigenvalue weighted by atomic mass is 16.5. The van der Waals surface area contributed by atoms with Crippen molar-refractivity contribution >= 4 is 0 Å². The smallest absolute Gasteiger partial charge is 0.136 e. The number of allylic oxidation sites excluding steroid dienone is 1. The lowest BCUT2D eigenvalue weighted by atomic mass is 9.70. The van der Waals surface area contributed by atoms with Gasteiger partial charge in [-0.05, 0) is 44.9 Å². The fourth-order valence-corrected chi connectivity index (χ4v) is 3.37. The third kappa shape index (κ3) is 2.63. The minimum absolute atomic E-state index is 0.327. The maximum Gasteiger partial charge on any atom is 0.136 e. The molecule has 96 valence electrons. The van der Waals surface area contributed by atoms with Gasteiger partial charge in [-0.1, -0.05) is 29.9 Å². The van der Waals surface area contributed by atoms with Gasteiger partial charge in [-0.25, -0.2) is 0 Å². The maximum absolute atomic E-state index is 5.92. The van der Waals surface area contributed by atoms with Gasteiger partial charge >= 0.3 is 0 Å². The van der Waals surface area contributed by atoms with E-state index >= 15 is 0 Å². The van der Waals surface area contributed by atoms with Gasteiger partial charge in [0.2, 0.25) is 0 Å². The van der Waals surface area contributed by atoms with Crippen LogP contribution in [0.5, 0.6) is 0 Å². The summed E-state index contributed by atoms with van der Waals surface area (Å²) >= 11 is 0. The number of ether oxygens (including phenoxy) is 1. The van der Waals surface area contributed by atoms with E-state index in [9.17, 15) is 0 Å². The Morgan fingerprint density at radius 2 is 2.17 bits per heavy atom. The molecule has 1 fully saturated rings. The predicted octanol–water partition coefficient (Wildman–Crippen LogP) is 3.70. The van der Waals surface area contributed by atoms with Gasteiger partial charge < -0.3 is 4.74 Å². The Morgan fingerprint density at radius 3 is 2.83 bits per heavy atom. The summed E-state index contributed by atoms with van der Waals surface area (Å²) in [4.78, 5) is 0. The van der Waals surface area contributed by atoms with Gasteiger partial charge in [-0.2, -0.15) is 0 Å². The van der Waals surface area contributed by atoms with E-state index in [-0.39, 0.29) is 0 Å². The molecule has 1 heteroatoms. The lowest BCUT2D eigenvalue weighted by Gasteiger charge is -2.42.